The number of carbonyl (C=O) groups is 1. The molecule has 0 saturated carbocycles. The lowest BCUT2D eigenvalue weighted by Gasteiger charge is -2.33. The summed E-state index contributed by atoms with van der Waals surface area (Å²) in [6, 6.07) is 6.97. The van der Waals surface area contributed by atoms with Crippen LogP contribution in [0.15, 0.2) is 24.3 Å². The van der Waals surface area contributed by atoms with Gasteiger partial charge in [0.15, 0.2) is 11.6 Å². The Bertz CT molecular complexity index is 1040. The number of methoxy groups -OCH3 is 1. The summed E-state index contributed by atoms with van der Waals surface area (Å²) < 4.78 is 43.6. The highest BCUT2D eigenvalue weighted by Gasteiger charge is 2.43. The Morgan fingerprint density at radius 2 is 1.91 bits per heavy atom. The second kappa shape index (κ2) is 10.3. The lowest BCUT2D eigenvalue weighted by molar-refractivity contribution is -0.163. The molecule has 2 aromatic carbocycles. The first-order valence-electron chi connectivity index (χ1n) is 11.5. The maximum atomic E-state index is 15.5. The van der Waals surface area contributed by atoms with Crippen molar-refractivity contribution in [3.05, 3.63) is 46.8 Å². The first kappa shape index (κ1) is 24.4. The molecule has 0 radical (unpaired) electrons. The van der Waals surface area contributed by atoms with Gasteiger partial charge < -0.3 is 28.8 Å². The van der Waals surface area contributed by atoms with Crippen LogP contribution < -0.4 is 9.47 Å². The van der Waals surface area contributed by atoms with Crippen LogP contribution in [0.3, 0.4) is 0 Å². The predicted molar refractivity (Wildman–Crippen MR) is 123 cm³/mol. The fourth-order valence-corrected chi connectivity index (χ4v) is 4.45. The summed E-state index contributed by atoms with van der Waals surface area (Å²) in [5.74, 6) is -0.870. The summed E-state index contributed by atoms with van der Waals surface area (Å²) in [6.45, 7) is 5.73. The largest absolute Gasteiger partial charge is 0.493 e. The number of hydrogen-bond acceptors (Lipinski definition) is 6. The average Bonchev–Trinajstić information content (AvgIpc) is 3.35. The Morgan fingerprint density at radius 3 is 2.56 bits per heavy atom. The van der Waals surface area contributed by atoms with Crippen molar-refractivity contribution < 1.29 is 38.0 Å². The molecule has 2 aliphatic heterocycles. The van der Waals surface area contributed by atoms with Gasteiger partial charge in [-0.15, -0.1) is 0 Å². The molecule has 2 saturated heterocycles. The molecule has 0 bridgehead atoms. The second-order valence-corrected chi connectivity index (χ2v) is 8.84. The minimum absolute atomic E-state index is 0.0441. The molecule has 4 rings (SSSR count). The molecule has 8 heteroatoms. The van der Waals surface area contributed by atoms with Crippen LogP contribution in [-0.4, -0.2) is 56.3 Å². The van der Waals surface area contributed by atoms with E-state index < -0.39 is 17.4 Å². The van der Waals surface area contributed by atoms with Gasteiger partial charge in [-0.25, -0.2) is 9.18 Å². The highest BCUT2D eigenvalue weighted by Crippen LogP contribution is 2.38. The summed E-state index contributed by atoms with van der Waals surface area (Å²) in [7, 11) is 1.45. The van der Waals surface area contributed by atoms with Crippen LogP contribution in [0.1, 0.15) is 36.0 Å². The third kappa shape index (κ3) is 4.89. The summed E-state index contributed by atoms with van der Waals surface area (Å²) in [4.78, 5) is 12.1. The zero-order valence-corrected chi connectivity index (χ0v) is 19.8. The normalized spacial score (nSPS) is 19.7. The number of ether oxygens (including phenoxy) is 5. The Kier molecular flexibility index (Phi) is 7.40. The third-order valence-corrected chi connectivity index (χ3v) is 6.67. The van der Waals surface area contributed by atoms with E-state index in [1.807, 2.05) is 13.8 Å². The van der Waals surface area contributed by atoms with Gasteiger partial charge in [-0.3, -0.25) is 0 Å². The molecule has 0 unspecified atom stereocenters. The Hall–Kier alpha value is -2.68. The van der Waals surface area contributed by atoms with Crippen molar-refractivity contribution in [2.45, 2.75) is 51.4 Å². The van der Waals surface area contributed by atoms with Crippen molar-refractivity contribution in [1.82, 2.24) is 0 Å². The van der Waals surface area contributed by atoms with E-state index in [4.69, 9.17) is 23.7 Å². The monoisotopic (exact) mass is 474 g/mol. The third-order valence-electron chi connectivity index (χ3n) is 6.67. The molecule has 2 fully saturated rings. The van der Waals surface area contributed by atoms with Crippen LogP contribution in [0.5, 0.6) is 11.5 Å². The van der Waals surface area contributed by atoms with E-state index >= 15 is 4.39 Å². The summed E-state index contributed by atoms with van der Waals surface area (Å²) in [5.41, 5.74) is 2.02. The number of carboxylic acid groups (broad SMARTS) is 1. The molecule has 0 aliphatic carbocycles. The molecule has 2 aliphatic rings. The molecule has 1 N–H and O–H groups in total. The molecule has 34 heavy (non-hydrogen) atoms. The van der Waals surface area contributed by atoms with E-state index in [9.17, 15) is 9.90 Å². The van der Waals surface area contributed by atoms with Crippen LogP contribution in [0, 0.1) is 19.7 Å². The fraction of sp³-hybridized carbons (Fsp3) is 0.500. The maximum absolute atomic E-state index is 15.5. The van der Waals surface area contributed by atoms with Crippen molar-refractivity contribution in [2.24, 2.45) is 0 Å². The zero-order valence-electron chi connectivity index (χ0n) is 19.8. The molecule has 0 amide bonds. The van der Waals surface area contributed by atoms with Crippen LogP contribution >= 0.6 is 0 Å². The second-order valence-electron chi connectivity index (χ2n) is 8.84. The van der Waals surface area contributed by atoms with E-state index in [-0.39, 0.29) is 31.3 Å². The number of aliphatic carboxylic acids is 1. The van der Waals surface area contributed by atoms with E-state index in [1.165, 1.54) is 7.11 Å². The van der Waals surface area contributed by atoms with E-state index in [0.29, 0.717) is 48.9 Å². The van der Waals surface area contributed by atoms with Gasteiger partial charge in [-0.05, 0) is 60.7 Å². The first-order chi connectivity index (χ1) is 16.3. The summed E-state index contributed by atoms with van der Waals surface area (Å²) in [5, 5.41) is 9.87. The van der Waals surface area contributed by atoms with Gasteiger partial charge in [-0.1, -0.05) is 6.07 Å². The quantitative estimate of drug-likeness (QED) is 0.606. The van der Waals surface area contributed by atoms with Gasteiger partial charge in [0.25, 0.3) is 0 Å². The fourth-order valence-electron chi connectivity index (χ4n) is 4.45. The van der Waals surface area contributed by atoms with Crippen molar-refractivity contribution in [3.8, 4) is 22.6 Å². The number of carboxylic acids is 1. The highest BCUT2D eigenvalue weighted by molar-refractivity contribution is 5.78. The molecular weight excluding hydrogens is 443 g/mol. The minimum atomic E-state index is -1.36. The van der Waals surface area contributed by atoms with E-state index in [2.05, 4.69) is 0 Å². The summed E-state index contributed by atoms with van der Waals surface area (Å²) >= 11 is 0. The first-order valence-corrected chi connectivity index (χ1v) is 11.5. The topological polar surface area (TPSA) is 83.5 Å². The van der Waals surface area contributed by atoms with Gasteiger partial charge in [0.1, 0.15) is 5.75 Å². The maximum Gasteiger partial charge on any atom is 0.348 e. The van der Waals surface area contributed by atoms with Gasteiger partial charge >= 0.3 is 5.97 Å². The molecule has 184 valence electrons. The average molecular weight is 475 g/mol. The number of rotatable bonds is 8. The zero-order chi connectivity index (χ0) is 24.3. The molecule has 1 atom stereocenters. The summed E-state index contributed by atoms with van der Waals surface area (Å²) in [6.07, 6.45) is 1.24. The molecule has 2 aromatic rings. The molecule has 0 aromatic heterocycles. The number of aryl methyl sites for hydroxylation is 1. The van der Waals surface area contributed by atoms with E-state index in [0.717, 1.165) is 17.5 Å². The van der Waals surface area contributed by atoms with Crippen molar-refractivity contribution in [2.75, 3.05) is 33.5 Å². The molecule has 2 heterocycles. The van der Waals surface area contributed by atoms with Crippen molar-refractivity contribution in [1.29, 1.82) is 0 Å². The van der Waals surface area contributed by atoms with Crippen LogP contribution in [0.4, 0.5) is 4.39 Å². The number of halogens is 1. The lowest BCUT2D eigenvalue weighted by Crippen LogP contribution is -2.49. The Morgan fingerprint density at radius 1 is 1.15 bits per heavy atom. The van der Waals surface area contributed by atoms with Crippen molar-refractivity contribution in [3.63, 3.8) is 0 Å². The van der Waals surface area contributed by atoms with Crippen LogP contribution in [-0.2, 0) is 25.6 Å². The van der Waals surface area contributed by atoms with E-state index in [1.54, 1.807) is 24.3 Å². The van der Waals surface area contributed by atoms with Gasteiger partial charge in [0, 0.05) is 25.0 Å². The molecule has 7 nitrogen and oxygen atoms in total. The van der Waals surface area contributed by atoms with Gasteiger partial charge in [0.05, 0.1) is 39.6 Å². The Balaban J connectivity index is 1.73. The SMILES string of the molecule is COc1c(C)c(C)cc(-c2ccc(OC3(C(=O)O)CCOCC3)cc2CO[C@@H]2CCOC2)c1F. The van der Waals surface area contributed by atoms with Crippen LogP contribution in [0.25, 0.3) is 11.1 Å². The standard InChI is InChI=1S/C26H31FO7/c1-16-12-22(23(27)24(30-3)17(16)2)21-5-4-19(13-18(21)14-33-20-6-9-32-15-20)34-26(25(28)29)7-10-31-11-8-26/h4-5,12-13,20H,6-11,14-15H2,1-3H3,(H,28,29)/t20-/m1/s1. The number of benzene rings is 2. The van der Waals surface area contributed by atoms with Crippen LogP contribution in [0.2, 0.25) is 0 Å². The number of hydrogen-bond donors (Lipinski definition) is 1. The minimum Gasteiger partial charge on any atom is -0.493 e. The predicted octanol–water partition coefficient (Wildman–Crippen LogP) is 4.44. The highest BCUT2D eigenvalue weighted by atomic mass is 19.1. The molecule has 0 spiro atoms. The van der Waals surface area contributed by atoms with Gasteiger partial charge in [0.2, 0.25) is 5.60 Å². The van der Waals surface area contributed by atoms with Crippen molar-refractivity contribution >= 4 is 5.97 Å². The van der Waals surface area contributed by atoms with Gasteiger partial charge in [-0.2, -0.15) is 0 Å². The Labute approximate surface area is 198 Å². The lowest BCUT2D eigenvalue weighted by atomic mass is 9.93. The smallest absolute Gasteiger partial charge is 0.348 e. The molecular formula is C26H31FO7.